The first-order valence-corrected chi connectivity index (χ1v) is 13.9. The summed E-state index contributed by atoms with van der Waals surface area (Å²) in [4.78, 5) is 20.5. The fourth-order valence-electron chi connectivity index (χ4n) is 4.93. The highest BCUT2D eigenvalue weighted by Crippen LogP contribution is 2.45. The second-order valence-electron chi connectivity index (χ2n) is 9.40. The molecule has 0 saturated carbocycles. The van der Waals surface area contributed by atoms with Gasteiger partial charge in [-0.15, -0.1) is 6.58 Å². The smallest absolute Gasteiger partial charge is 0.268 e. The first-order valence-electron chi connectivity index (χ1n) is 12.7. The number of pyridine rings is 1. The van der Waals surface area contributed by atoms with Gasteiger partial charge in [-0.2, -0.15) is 0 Å². The van der Waals surface area contributed by atoms with E-state index in [0.717, 1.165) is 31.3 Å². The number of hydrogen-bond acceptors (Lipinski definition) is 6. The standard InChI is InChI=1S/C29H38N2O5S/c1-7-9-12-21-25(26-22(35-5)13-10-14-23(26)36-6)27(32)28(29(33)31-21)37(34)24-16-15-19(17-30-24)20(11-8-2)18(3)4/h8,10,13-14,17,19-20,24H,2-3,7,9,11-12,15-16H2,1,4-6H3,(H2,31,32,33). The van der Waals surface area contributed by atoms with Crippen molar-refractivity contribution in [2.75, 3.05) is 14.2 Å². The van der Waals surface area contributed by atoms with E-state index in [-0.39, 0.29) is 22.5 Å². The van der Waals surface area contributed by atoms with Crippen molar-refractivity contribution in [3.63, 3.8) is 0 Å². The Balaban J connectivity index is 2.10. The van der Waals surface area contributed by atoms with Crippen LogP contribution < -0.4 is 15.0 Å². The molecule has 0 spiro atoms. The average molecular weight is 527 g/mol. The zero-order valence-electron chi connectivity index (χ0n) is 22.2. The zero-order valence-corrected chi connectivity index (χ0v) is 23.0. The number of rotatable bonds is 12. The number of nitrogens with one attached hydrogen (secondary N) is 1. The Labute approximate surface area is 221 Å². The van der Waals surface area contributed by atoms with Gasteiger partial charge in [0, 0.05) is 17.8 Å². The van der Waals surface area contributed by atoms with Gasteiger partial charge in [-0.3, -0.25) is 14.0 Å². The van der Waals surface area contributed by atoms with E-state index in [1.165, 1.54) is 14.2 Å². The molecule has 37 heavy (non-hydrogen) atoms. The van der Waals surface area contributed by atoms with E-state index in [1.54, 1.807) is 18.2 Å². The summed E-state index contributed by atoms with van der Waals surface area (Å²) in [6.45, 7) is 12.0. The van der Waals surface area contributed by atoms with Gasteiger partial charge in [0.2, 0.25) is 0 Å². The van der Waals surface area contributed by atoms with Crippen LogP contribution in [0.5, 0.6) is 17.2 Å². The molecule has 0 saturated heterocycles. The molecule has 4 atom stereocenters. The molecule has 200 valence electrons. The lowest BCUT2D eigenvalue weighted by Crippen LogP contribution is -2.28. The number of aryl methyl sites for hydroxylation is 1. The van der Waals surface area contributed by atoms with Gasteiger partial charge in [-0.25, -0.2) is 0 Å². The summed E-state index contributed by atoms with van der Waals surface area (Å²) < 4.78 is 24.9. The Morgan fingerprint density at radius 3 is 2.46 bits per heavy atom. The van der Waals surface area contributed by atoms with E-state index in [1.807, 2.05) is 26.1 Å². The number of benzene rings is 1. The minimum absolute atomic E-state index is 0.167. The third-order valence-corrected chi connectivity index (χ3v) is 8.52. The molecule has 0 radical (unpaired) electrons. The molecule has 1 aliphatic rings. The molecule has 8 heteroatoms. The fourth-order valence-corrected chi connectivity index (χ4v) is 6.26. The van der Waals surface area contributed by atoms with Crippen molar-refractivity contribution in [1.82, 2.24) is 4.98 Å². The number of ether oxygens (including phenoxy) is 2. The SMILES string of the molecule is C=CCC(C(=C)C)C1C=NC(S(=O)c2c(O)c(-c3c(OC)cccc3OC)c(CCCC)[nH]c2=O)CC1. The molecule has 0 aliphatic carbocycles. The summed E-state index contributed by atoms with van der Waals surface area (Å²) in [6, 6.07) is 5.30. The topological polar surface area (TPSA) is 101 Å². The van der Waals surface area contributed by atoms with Crippen molar-refractivity contribution >= 4 is 17.0 Å². The summed E-state index contributed by atoms with van der Waals surface area (Å²) in [6.07, 6.45) is 8.01. The van der Waals surface area contributed by atoms with Gasteiger partial charge in [-0.1, -0.05) is 37.6 Å². The molecule has 0 bridgehead atoms. The number of unbranched alkanes of at least 4 members (excludes halogenated alkanes) is 1. The summed E-state index contributed by atoms with van der Waals surface area (Å²) in [7, 11) is 1.20. The second kappa shape index (κ2) is 12.9. The lowest BCUT2D eigenvalue weighted by molar-refractivity contribution is 0.395. The maximum Gasteiger partial charge on any atom is 0.268 e. The third-order valence-electron chi connectivity index (χ3n) is 6.89. The number of hydrogen-bond donors (Lipinski definition) is 2. The lowest BCUT2D eigenvalue weighted by atomic mass is 9.81. The van der Waals surface area contributed by atoms with Crippen LogP contribution >= 0.6 is 0 Å². The largest absolute Gasteiger partial charge is 0.506 e. The molecular weight excluding hydrogens is 488 g/mol. The first-order chi connectivity index (χ1) is 17.8. The monoisotopic (exact) mass is 526 g/mol. The number of aromatic amines is 1. The van der Waals surface area contributed by atoms with Crippen molar-refractivity contribution < 1.29 is 18.8 Å². The van der Waals surface area contributed by atoms with Gasteiger partial charge in [0.25, 0.3) is 5.56 Å². The van der Waals surface area contributed by atoms with Crippen LogP contribution in [0.3, 0.4) is 0 Å². The molecule has 3 rings (SSSR count). The minimum Gasteiger partial charge on any atom is -0.506 e. The van der Waals surface area contributed by atoms with Gasteiger partial charge in [0.05, 0.1) is 36.1 Å². The zero-order chi connectivity index (χ0) is 27.1. The number of methoxy groups -OCH3 is 2. The average Bonchev–Trinajstić information content (AvgIpc) is 2.90. The van der Waals surface area contributed by atoms with Gasteiger partial charge in [-0.05, 0) is 57.1 Å². The molecular formula is C29H38N2O5S. The number of aromatic hydroxyl groups is 1. The van der Waals surface area contributed by atoms with Gasteiger partial charge < -0.3 is 19.6 Å². The van der Waals surface area contributed by atoms with Crippen molar-refractivity contribution in [1.29, 1.82) is 0 Å². The Bertz CT molecular complexity index is 1230. The highest BCUT2D eigenvalue weighted by molar-refractivity contribution is 7.85. The van der Waals surface area contributed by atoms with E-state index < -0.39 is 21.7 Å². The van der Waals surface area contributed by atoms with Crippen LogP contribution in [-0.4, -0.2) is 40.1 Å². The van der Waals surface area contributed by atoms with Gasteiger partial charge in [0.1, 0.15) is 27.5 Å². The first kappa shape index (κ1) is 28.4. The quantitative estimate of drug-likeness (QED) is 0.341. The van der Waals surface area contributed by atoms with Crippen molar-refractivity contribution in [2.45, 2.75) is 62.6 Å². The fraction of sp³-hybridized carbons (Fsp3) is 0.448. The number of aliphatic imine (C=N–C) groups is 1. The lowest BCUT2D eigenvalue weighted by Gasteiger charge is -2.28. The summed E-state index contributed by atoms with van der Waals surface area (Å²) in [5.74, 6) is 1.01. The second-order valence-corrected chi connectivity index (χ2v) is 10.9. The molecule has 1 aromatic carbocycles. The molecule has 2 N–H and O–H groups in total. The third kappa shape index (κ3) is 6.06. The van der Waals surface area contributed by atoms with Crippen molar-refractivity contribution in [3.05, 3.63) is 59.1 Å². The number of H-pyrrole nitrogens is 1. The van der Waals surface area contributed by atoms with E-state index in [9.17, 15) is 14.1 Å². The van der Waals surface area contributed by atoms with Gasteiger partial charge >= 0.3 is 0 Å². The van der Waals surface area contributed by atoms with Gasteiger partial charge in [0.15, 0.2) is 0 Å². The number of aromatic nitrogens is 1. The Hall–Kier alpha value is -3.13. The highest BCUT2D eigenvalue weighted by Gasteiger charge is 2.32. The molecule has 1 aliphatic heterocycles. The van der Waals surface area contributed by atoms with E-state index in [0.29, 0.717) is 41.2 Å². The molecule has 0 amide bonds. The predicted molar refractivity (Wildman–Crippen MR) is 150 cm³/mol. The van der Waals surface area contributed by atoms with Crippen LogP contribution in [0.15, 0.2) is 57.7 Å². The minimum atomic E-state index is -1.87. The van der Waals surface area contributed by atoms with Crippen LogP contribution in [-0.2, 0) is 17.2 Å². The number of allylic oxidation sites excluding steroid dienone is 2. The van der Waals surface area contributed by atoms with E-state index in [4.69, 9.17) is 9.47 Å². The van der Waals surface area contributed by atoms with Crippen LogP contribution in [0.4, 0.5) is 0 Å². The number of nitrogens with zero attached hydrogens (tertiary/aromatic N) is 1. The van der Waals surface area contributed by atoms with Crippen LogP contribution in [0.25, 0.3) is 11.1 Å². The maximum absolute atomic E-state index is 13.7. The molecule has 2 heterocycles. The summed E-state index contributed by atoms with van der Waals surface area (Å²) in [5, 5.41) is 10.9. The molecule has 1 aromatic heterocycles. The van der Waals surface area contributed by atoms with Crippen LogP contribution in [0, 0.1) is 11.8 Å². The molecule has 0 fully saturated rings. The highest BCUT2D eigenvalue weighted by atomic mass is 32.2. The van der Waals surface area contributed by atoms with Crippen molar-refractivity contribution in [2.24, 2.45) is 16.8 Å². The van der Waals surface area contributed by atoms with E-state index >= 15 is 0 Å². The Morgan fingerprint density at radius 2 is 1.95 bits per heavy atom. The summed E-state index contributed by atoms with van der Waals surface area (Å²) in [5.41, 5.74) is 1.92. The Kier molecular flexibility index (Phi) is 9.92. The summed E-state index contributed by atoms with van der Waals surface area (Å²) >= 11 is 0. The van der Waals surface area contributed by atoms with E-state index in [2.05, 4.69) is 23.1 Å². The molecule has 2 aromatic rings. The maximum atomic E-state index is 13.7. The molecule has 7 nitrogen and oxygen atoms in total. The Morgan fingerprint density at radius 1 is 1.27 bits per heavy atom. The van der Waals surface area contributed by atoms with Crippen LogP contribution in [0.1, 0.15) is 51.6 Å². The van der Waals surface area contributed by atoms with Crippen molar-refractivity contribution in [3.8, 4) is 28.4 Å². The normalized spacial score (nSPS) is 18.7. The predicted octanol–water partition coefficient (Wildman–Crippen LogP) is 5.79. The van der Waals surface area contributed by atoms with Crippen LogP contribution in [0.2, 0.25) is 0 Å². The molecule has 4 unspecified atom stereocenters.